The van der Waals surface area contributed by atoms with Crippen LogP contribution >= 0.6 is 0 Å². The van der Waals surface area contributed by atoms with Crippen LogP contribution in [0.3, 0.4) is 0 Å². The molecule has 2 aromatic heterocycles. The molecule has 1 aromatic carbocycles. The molecule has 0 aliphatic heterocycles. The topological polar surface area (TPSA) is 92.7 Å². The molecular formula is C13H12N4O3. The molecule has 0 atom stereocenters. The number of hydrogen-bond acceptors (Lipinski definition) is 3. The normalized spacial score (nSPS) is 11.1. The van der Waals surface area contributed by atoms with E-state index in [4.69, 9.17) is 0 Å². The smallest absolute Gasteiger partial charge is 0.291 e. The molecule has 0 spiro atoms. The summed E-state index contributed by atoms with van der Waals surface area (Å²) in [5, 5.41) is 0. The Hall–Kier alpha value is -2.83. The zero-order valence-electron chi connectivity index (χ0n) is 10.7. The second-order valence-corrected chi connectivity index (χ2v) is 4.52. The molecule has 0 saturated heterocycles. The summed E-state index contributed by atoms with van der Waals surface area (Å²) in [7, 11) is 1.48. The first-order valence-electron chi connectivity index (χ1n) is 6.03. The number of nitrogens with one attached hydrogen (secondary N) is 2. The van der Waals surface area contributed by atoms with Crippen molar-refractivity contribution in [1.82, 2.24) is 19.1 Å². The SMILES string of the molecule is Cn1c(=O)[nH]c2c1c(=O)[nH]c(=O)n2Cc1ccccc1. The highest BCUT2D eigenvalue weighted by atomic mass is 16.2. The molecule has 0 unspecified atom stereocenters. The van der Waals surface area contributed by atoms with Gasteiger partial charge in [0.1, 0.15) is 5.65 Å². The zero-order valence-corrected chi connectivity index (χ0v) is 10.7. The number of hydrogen-bond donors (Lipinski definition) is 2. The predicted octanol–water partition coefficient (Wildman–Crippen LogP) is -0.235. The maximum atomic E-state index is 12.0. The highest BCUT2D eigenvalue weighted by Gasteiger charge is 2.13. The van der Waals surface area contributed by atoms with Gasteiger partial charge in [-0.25, -0.2) is 9.59 Å². The number of benzene rings is 1. The van der Waals surface area contributed by atoms with E-state index in [2.05, 4.69) is 9.97 Å². The van der Waals surface area contributed by atoms with E-state index >= 15 is 0 Å². The first-order chi connectivity index (χ1) is 9.58. The summed E-state index contributed by atoms with van der Waals surface area (Å²) in [6.07, 6.45) is 0. The molecule has 102 valence electrons. The number of aryl methyl sites for hydroxylation is 1. The minimum Gasteiger partial charge on any atom is -0.291 e. The molecule has 2 heterocycles. The van der Waals surface area contributed by atoms with Gasteiger partial charge in [-0.15, -0.1) is 0 Å². The molecular weight excluding hydrogens is 260 g/mol. The molecule has 7 heteroatoms. The number of aromatic nitrogens is 4. The van der Waals surface area contributed by atoms with Gasteiger partial charge in [0.15, 0.2) is 5.52 Å². The lowest BCUT2D eigenvalue weighted by Gasteiger charge is -2.06. The summed E-state index contributed by atoms with van der Waals surface area (Å²) in [6.45, 7) is 0.271. The second kappa shape index (κ2) is 4.37. The summed E-state index contributed by atoms with van der Waals surface area (Å²) < 4.78 is 2.53. The number of fused-ring (bicyclic) bond motifs is 1. The van der Waals surface area contributed by atoms with Crippen molar-refractivity contribution in [3.8, 4) is 0 Å². The Morgan fingerprint density at radius 1 is 1.00 bits per heavy atom. The van der Waals surface area contributed by atoms with Crippen LogP contribution in [0.5, 0.6) is 0 Å². The summed E-state index contributed by atoms with van der Waals surface area (Å²) in [4.78, 5) is 40.2. The summed E-state index contributed by atoms with van der Waals surface area (Å²) >= 11 is 0. The third-order valence-electron chi connectivity index (χ3n) is 3.22. The Kier molecular flexibility index (Phi) is 2.67. The van der Waals surface area contributed by atoms with Gasteiger partial charge in [0.25, 0.3) is 5.56 Å². The molecule has 0 aliphatic rings. The van der Waals surface area contributed by atoms with Crippen molar-refractivity contribution in [3.05, 3.63) is 67.2 Å². The quantitative estimate of drug-likeness (QED) is 0.674. The molecule has 0 fully saturated rings. The fraction of sp³-hybridized carbons (Fsp3) is 0.154. The molecule has 0 aliphatic carbocycles. The van der Waals surface area contributed by atoms with Gasteiger partial charge in [0, 0.05) is 7.05 Å². The van der Waals surface area contributed by atoms with Crippen LogP contribution < -0.4 is 16.9 Å². The van der Waals surface area contributed by atoms with Gasteiger partial charge in [-0.05, 0) is 5.56 Å². The number of aromatic amines is 2. The highest BCUT2D eigenvalue weighted by Crippen LogP contribution is 2.05. The molecule has 2 N–H and O–H groups in total. The fourth-order valence-corrected chi connectivity index (χ4v) is 2.20. The Morgan fingerprint density at radius 3 is 2.40 bits per heavy atom. The van der Waals surface area contributed by atoms with Crippen molar-refractivity contribution < 1.29 is 0 Å². The summed E-state index contributed by atoms with van der Waals surface area (Å²) in [6, 6.07) is 9.32. The third-order valence-corrected chi connectivity index (χ3v) is 3.22. The van der Waals surface area contributed by atoms with E-state index in [-0.39, 0.29) is 17.7 Å². The average molecular weight is 272 g/mol. The molecule has 0 bridgehead atoms. The number of H-pyrrole nitrogens is 2. The zero-order chi connectivity index (χ0) is 14.3. The van der Waals surface area contributed by atoms with Crippen LogP contribution in [0, 0.1) is 0 Å². The predicted molar refractivity (Wildman–Crippen MR) is 74.0 cm³/mol. The summed E-state index contributed by atoms with van der Waals surface area (Å²) in [5.74, 6) is 0. The van der Waals surface area contributed by atoms with E-state index in [0.29, 0.717) is 0 Å². The van der Waals surface area contributed by atoms with Crippen molar-refractivity contribution in [2.24, 2.45) is 7.05 Å². The fourth-order valence-electron chi connectivity index (χ4n) is 2.20. The molecule has 7 nitrogen and oxygen atoms in total. The molecule has 20 heavy (non-hydrogen) atoms. The van der Waals surface area contributed by atoms with Crippen LogP contribution in [-0.4, -0.2) is 19.1 Å². The standard InChI is InChI=1S/C13H12N4O3/c1-16-9-10(14-12(16)19)17(13(20)15-11(9)18)7-8-5-3-2-4-6-8/h2-6H,7H2,1H3,(H,14,19)(H,15,18,20). The van der Waals surface area contributed by atoms with Gasteiger partial charge in [-0.1, -0.05) is 30.3 Å². The van der Waals surface area contributed by atoms with Crippen molar-refractivity contribution in [1.29, 1.82) is 0 Å². The van der Waals surface area contributed by atoms with Gasteiger partial charge < -0.3 is 0 Å². The van der Waals surface area contributed by atoms with Crippen molar-refractivity contribution in [2.45, 2.75) is 6.54 Å². The first-order valence-corrected chi connectivity index (χ1v) is 6.03. The Labute approximate surface area is 112 Å². The third kappa shape index (κ3) is 1.80. The maximum Gasteiger partial charge on any atom is 0.330 e. The minimum atomic E-state index is -0.574. The van der Waals surface area contributed by atoms with E-state index in [1.807, 2.05) is 30.3 Å². The Balaban J connectivity index is 2.31. The molecule has 0 amide bonds. The van der Waals surface area contributed by atoms with E-state index in [1.165, 1.54) is 16.2 Å². The van der Waals surface area contributed by atoms with Gasteiger partial charge in [-0.2, -0.15) is 0 Å². The van der Waals surface area contributed by atoms with Gasteiger partial charge in [-0.3, -0.25) is 23.9 Å². The van der Waals surface area contributed by atoms with Crippen molar-refractivity contribution in [2.75, 3.05) is 0 Å². The highest BCUT2D eigenvalue weighted by molar-refractivity contribution is 5.69. The maximum absolute atomic E-state index is 12.0. The van der Waals surface area contributed by atoms with E-state index in [1.54, 1.807) is 0 Å². The van der Waals surface area contributed by atoms with Crippen LogP contribution in [0.2, 0.25) is 0 Å². The Morgan fingerprint density at radius 2 is 1.70 bits per heavy atom. The molecule has 0 radical (unpaired) electrons. The lowest BCUT2D eigenvalue weighted by molar-refractivity contribution is 0.747. The van der Waals surface area contributed by atoms with Crippen molar-refractivity contribution in [3.63, 3.8) is 0 Å². The van der Waals surface area contributed by atoms with E-state index in [0.717, 1.165) is 5.56 Å². The van der Waals surface area contributed by atoms with Crippen LogP contribution in [0.1, 0.15) is 5.56 Å². The molecule has 3 aromatic rings. The summed E-state index contributed by atoms with van der Waals surface area (Å²) in [5.41, 5.74) is -0.269. The number of nitrogens with zero attached hydrogens (tertiary/aromatic N) is 2. The monoisotopic (exact) mass is 272 g/mol. The van der Waals surface area contributed by atoms with Crippen LogP contribution in [0.25, 0.3) is 11.2 Å². The second-order valence-electron chi connectivity index (χ2n) is 4.52. The lowest BCUT2D eigenvalue weighted by atomic mass is 10.2. The van der Waals surface area contributed by atoms with Crippen LogP contribution in [-0.2, 0) is 13.6 Å². The van der Waals surface area contributed by atoms with E-state index in [9.17, 15) is 14.4 Å². The minimum absolute atomic E-state index is 0.158. The van der Waals surface area contributed by atoms with Crippen molar-refractivity contribution >= 4 is 11.2 Å². The number of rotatable bonds is 2. The lowest BCUT2D eigenvalue weighted by Crippen LogP contribution is -2.31. The van der Waals surface area contributed by atoms with Gasteiger partial charge >= 0.3 is 11.4 Å². The molecule has 0 saturated carbocycles. The largest absolute Gasteiger partial charge is 0.330 e. The first kappa shape index (κ1) is 12.2. The Bertz CT molecular complexity index is 944. The van der Waals surface area contributed by atoms with E-state index < -0.39 is 16.9 Å². The average Bonchev–Trinajstić information content (AvgIpc) is 2.72. The van der Waals surface area contributed by atoms with Gasteiger partial charge in [0.2, 0.25) is 0 Å². The molecule has 3 rings (SSSR count). The van der Waals surface area contributed by atoms with Crippen LogP contribution in [0.15, 0.2) is 44.7 Å². The van der Waals surface area contributed by atoms with Crippen LogP contribution in [0.4, 0.5) is 0 Å². The van der Waals surface area contributed by atoms with Gasteiger partial charge in [0.05, 0.1) is 6.54 Å². The number of imidazole rings is 1.